The Morgan fingerprint density at radius 2 is 1.88 bits per heavy atom. The number of carbonyl (C=O) groups excluding carboxylic acids is 1. The number of piperazine rings is 1. The molecule has 1 aliphatic heterocycles. The summed E-state index contributed by atoms with van der Waals surface area (Å²) in [7, 11) is 0. The Hall–Kier alpha value is -1.72. The summed E-state index contributed by atoms with van der Waals surface area (Å²) in [4.78, 5) is 20.2. The van der Waals surface area contributed by atoms with Gasteiger partial charge in [-0.3, -0.25) is 4.79 Å². The summed E-state index contributed by atoms with van der Waals surface area (Å²) in [6.07, 6.45) is 3.18. The largest absolute Gasteiger partial charge is 0.481 e. The molecule has 0 aliphatic carbocycles. The van der Waals surface area contributed by atoms with Gasteiger partial charge in [0.05, 0.1) is 0 Å². The molecule has 1 aromatic rings. The quantitative estimate of drug-likeness (QED) is 0.435. The summed E-state index contributed by atoms with van der Waals surface area (Å²) in [6.45, 7) is 4.28. The lowest BCUT2D eigenvalue weighted by molar-refractivity contribution is -0.139. The van der Waals surface area contributed by atoms with E-state index >= 15 is 0 Å². The number of rotatable bonds is 3. The van der Waals surface area contributed by atoms with Gasteiger partial charge in [0, 0.05) is 30.7 Å². The Bertz CT molecular complexity index is 636. The molecule has 1 aromatic carbocycles. The van der Waals surface area contributed by atoms with Crippen LogP contribution in [0.2, 0.25) is 0 Å². The van der Waals surface area contributed by atoms with Crippen LogP contribution in [0.25, 0.3) is 0 Å². The zero-order valence-electron chi connectivity index (χ0n) is 13.6. The lowest BCUT2D eigenvalue weighted by Gasteiger charge is -2.36. The molecule has 2 rings (SSSR count). The van der Waals surface area contributed by atoms with Crippen LogP contribution in [0.4, 0.5) is 0 Å². The maximum Gasteiger partial charge on any atom is 0.263 e. The molecule has 0 aromatic heterocycles. The molecule has 1 saturated heterocycles. The third kappa shape index (κ3) is 4.89. The predicted molar refractivity (Wildman–Crippen MR) is 98.9 cm³/mol. The van der Waals surface area contributed by atoms with Crippen molar-refractivity contribution in [3.63, 3.8) is 0 Å². The molecule has 128 valence electrons. The van der Waals surface area contributed by atoms with Crippen molar-refractivity contribution in [1.29, 1.82) is 5.26 Å². The van der Waals surface area contributed by atoms with Gasteiger partial charge in [0.15, 0.2) is 11.3 Å². The van der Waals surface area contributed by atoms with Crippen molar-refractivity contribution in [3.8, 4) is 11.9 Å². The molecule has 1 fully saturated rings. The zero-order valence-corrected chi connectivity index (χ0v) is 16.0. The second-order valence-electron chi connectivity index (χ2n) is 5.22. The van der Waals surface area contributed by atoms with Gasteiger partial charge in [-0.1, -0.05) is 27.7 Å². The first-order chi connectivity index (χ1) is 11.5. The Kier molecular flexibility index (Phi) is 6.94. The van der Waals surface area contributed by atoms with E-state index in [4.69, 9.17) is 10.00 Å². The molecule has 1 unspecified atom stereocenters. The van der Waals surface area contributed by atoms with E-state index in [1.165, 1.54) is 11.8 Å². The van der Waals surface area contributed by atoms with Crippen LogP contribution in [0, 0.1) is 11.5 Å². The number of carbonyl (C=O) groups is 1. The first kappa shape index (κ1) is 18.6. The van der Waals surface area contributed by atoms with Crippen LogP contribution < -0.4 is 4.74 Å². The molecule has 1 amide bonds. The summed E-state index contributed by atoms with van der Waals surface area (Å²) in [5.41, 5.74) is 0. The molecule has 0 radical (unpaired) electrons. The van der Waals surface area contributed by atoms with Crippen LogP contribution in [0.1, 0.15) is 6.92 Å². The Morgan fingerprint density at radius 3 is 2.42 bits per heavy atom. The van der Waals surface area contributed by atoms with Crippen molar-refractivity contribution in [2.75, 3.05) is 32.4 Å². The number of benzene rings is 1. The molecular weight excluding hydrogens is 392 g/mol. The van der Waals surface area contributed by atoms with E-state index in [9.17, 15) is 4.79 Å². The van der Waals surface area contributed by atoms with Crippen molar-refractivity contribution in [2.24, 2.45) is 4.99 Å². The van der Waals surface area contributed by atoms with Gasteiger partial charge in [0.25, 0.3) is 5.91 Å². The van der Waals surface area contributed by atoms with E-state index in [0.29, 0.717) is 37.1 Å². The molecule has 0 spiro atoms. The van der Waals surface area contributed by atoms with E-state index in [1.54, 1.807) is 11.8 Å². The van der Waals surface area contributed by atoms with Gasteiger partial charge in [0.2, 0.25) is 6.19 Å². The van der Waals surface area contributed by atoms with Crippen molar-refractivity contribution >= 4 is 38.8 Å². The van der Waals surface area contributed by atoms with Gasteiger partial charge in [-0.15, -0.1) is 4.99 Å². The molecule has 8 heteroatoms. The number of amidine groups is 1. The number of nitrogens with zero attached hydrogens (tertiary/aromatic N) is 4. The Labute approximate surface area is 154 Å². The third-order valence-electron chi connectivity index (χ3n) is 3.66. The highest BCUT2D eigenvalue weighted by Crippen LogP contribution is 2.18. The van der Waals surface area contributed by atoms with E-state index in [1.807, 2.05) is 41.6 Å². The number of thioether (sulfide) groups is 1. The summed E-state index contributed by atoms with van der Waals surface area (Å²) in [5, 5.41) is 9.41. The second-order valence-corrected chi connectivity index (χ2v) is 6.91. The predicted octanol–water partition coefficient (Wildman–Crippen LogP) is 2.56. The number of aliphatic imine (C=N–C) groups is 1. The Morgan fingerprint density at radius 1 is 1.29 bits per heavy atom. The molecule has 0 N–H and O–H groups in total. The monoisotopic (exact) mass is 410 g/mol. The number of halogens is 1. The van der Waals surface area contributed by atoms with Gasteiger partial charge in [-0.25, -0.2) is 0 Å². The maximum atomic E-state index is 12.5. The number of amides is 1. The van der Waals surface area contributed by atoms with Crippen molar-refractivity contribution in [2.45, 2.75) is 13.0 Å². The number of nitriles is 1. The highest BCUT2D eigenvalue weighted by Gasteiger charge is 2.27. The smallest absolute Gasteiger partial charge is 0.263 e. The Balaban J connectivity index is 1.89. The van der Waals surface area contributed by atoms with Crippen LogP contribution in [0.3, 0.4) is 0 Å². The summed E-state index contributed by atoms with van der Waals surface area (Å²) in [6, 6.07) is 7.41. The normalized spacial score (nSPS) is 16.5. The lowest BCUT2D eigenvalue weighted by atomic mass is 10.2. The lowest BCUT2D eigenvalue weighted by Crippen LogP contribution is -2.52. The van der Waals surface area contributed by atoms with E-state index in [0.717, 1.165) is 4.47 Å². The third-order valence-corrected chi connectivity index (χ3v) is 4.91. The SMILES string of the molecule is CSC(=NC#N)N1CCN(C(=O)C(C)Oc2ccc(Br)cc2)CC1. The first-order valence-electron chi connectivity index (χ1n) is 7.52. The molecular formula is C16H19BrN4O2S. The number of hydrogen-bond acceptors (Lipinski definition) is 5. The minimum absolute atomic E-state index is 0.0273. The van der Waals surface area contributed by atoms with Crippen molar-refractivity contribution < 1.29 is 9.53 Å². The highest BCUT2D eigenvalue weighted by atomic mass is 79.9. The summed E-state index contributed by atoms with van der Waals surface area (Å²) < 4.78 is 6.69. The fourth-order valence-corrected chi connectivity index (χ4v) is 3.27. The van der Waals surface area contributed by atoms with Gasteiger partial charge in [-0.2, -0.15) is 5.26 Å². The van der Waals surface area contributed by atoms with E-state index < -0.39 is 6.10 Å². The maximum absolute atomic E-state index is 12.5. The summed E-state index contributed by atoms with van der Waals surface area (Å²) in [5.74, 6) is 0.643. The van der Waals surface area contributed by atoms with E-state index in [2.05, 4.69) is 20.9 Å². The molecule has 1 aliphatic rings. The van der Waals surface area contributed by atoms with Gasteiger partial charge in [0.1, 0.15) is 5.75 Å². The standard InChI is InChI=1S/C16H19BrN4O2S/c1-12(23-14-5-3-13(17)4-6-14)15(22)20-7-9-21(10-8-20)16(24-2)19-11-18/h3-6,12H,7-10H2,1-2H3. The minimum atomic E-state index is -0.537. The first-order valence-corrected chi connectivity index (χ1v) is 9.53. The average molecular weight is 411 g/mol. The average Bonchev–Trinajstić information content (AvgIpc) is 2.61. The van der Waals surface area contributed by atoms with Crippen LogP contribution in [0.15, 0.2) is 33.7 Å². The molecule has 1 atom stereocenters. The highest BCUT2D eigenvalue weighted by molar-refractivity contribution is 9.10. The van der Waals surface area contributed by atoms with Crippen LogP contribution >= 0.6 is 27.7 Å². The van der Waals surface area contributed by atoms with Crippen LogP contribution in [0.5, 0.6) is 5.75 Å². The molecule has 24 heavy (non-hydrogen) atoms. The van der Waals surface area contributed by atoms with Gasteiger partial charge >= 0.3 is 0 Å². The van der Waals surface area contributed by atoms with Crippen LogP contribution in [-0.4, -0.2) is 59.4 Å². The molecule has 0 bridgehead atoms. The molecule has 1 heterocycles. The van der Waals surface area contributed by atoms with Crippen molar-refractivity contribution in [1.82, 2.24) is 9.80 Å². The summed E-state index contributed by atoms with van der Waals surface area (Å²) >= 11 is 4.81. The minimum Gasteiger partial charge on any atom is -0.481 e. The number of hydrogen-bond donors (Lipinski definition) is 0. The van der Waals surface area contributed by atoms with E-state index in [-0.39, 0.29) is 5.91 Å². The second kappa shape index (κ2) is 8.94. The topological polar surface area (TPSA) is 68.9 Å². The fraction of sp³-hybridized carbons (Fsp3) is 0.438. The van der Waals surface area contributed by atoms with Gasteiger partial charge in [-0.05, 0) is 37.4 Å². The van der Waals surface area contributed by atoms with Crippen LogP contribution in [-0.2, 0) is 4.79 Å². The van der Waals surface area contributed by atoms with Crippen molar-refractivity contribution in [3.05, 3.63) is 28.7 Å². The molecule has 0 saturated carbocycles. The fourth-order valence-electron chi connectivity index (χ4n) is 2.43. The van der Waals surface area contributed by atoms with Gasteiger partial charge < -0.3 is 14.5 Å². The number of ether oxygens (including phenoxy) is 1. The molecule has 6 nitrogen and oxygen atoms in total. The zero-order chi connectivity index (χ0) is 17.5.